The lowest BCUT2D eigenvalue weighted by molar-refractivity contribution is -0.117. The van der Waals surface area contributed by atoms with Crippen LogP contribution < -0.4 is 20.3 Å². The van der Waals surface area contributed by atoms with Gasteiger partial charge < -0.3 is 15.5 Å². The zero-order valence-electron chi connectivity index (χ0n) is 22.5. The predicted octanol–water partition coefficient (Wildman–Crippen LogP) is 5.58. The number of likely N-dealkylation sites (tertiary alicyclic amines) is 1. The normalized spacial score (nSPS) is 15.8. The van der Waals surface area contributed by atoms with Crippen molar-refractivity contribution in [3.63, 3.8) is 0 Å². The van der Waals surface area contributed by atoms with Crippen LogP contribution in [0.1, 0.15) is 41.6 Å². The number of nitrogens with one attached hydrogen (secondary N) is 3. The molecule has 3 aromatic rings. The lowest BCUT2D eigenvalue weighted by Gasteiger charge is -2.28. The van der Waals surface area contributed by atoms with Crippen molar-refractivity contribution in [3.8, 4) is 0 Å². The number of nitrogens with zero attached hydrogens (tertiary/aromatic N) is 2. The van der Waals surface area contributed by atoms with E-state index in [1.54, 1.807) is 6.07 Å². The van der Waals surface area contributed by atoms with Gasteiger partial charge in [-0.15, -0.1) is 11.3 Å². The fourth-order valence-electron chi connectivity index (χ4n) is 5.03. The van der Waals surface area contributed by atoms with Crippen LogP contribution in [0.5, 0.6) is 0 Å². The van der Waals surface area contributed by atoms with Crippen LogP contribution >= 0.6 is 34.5 Å². The van der Waals surface area contributed by atoms with E-state index in [0.29, 0.717) is 11.1 Å². The van der Waals surface area contributed by atoms with Crippen LogP contribution in [0.4, 0.5) is 21.9 Å². The van der Waals surface area contributed by atoms with E-state index in [4.69, 9.17) is 23.2 Å². The van der Waals surface area contributed by atoms with Gasteiger partial charge in [0, 0.05) is 23.5 Å². The summed E-state index contributed by atoms with van der Waals surface area (Å²) in [4.78, 5) is 42.3. The summed E-state index contributed by atoms with van der Waals surface area (Å²) >= 11 is 13.0. The van der Waals surface area contributed by atoms with E-state index in [0.717, 1.165) is 54.5 Å². The Morgan fingerprint density at radius 1 is 0.952 bits per heavy atom. The van der Waals surface area contributed by atoms with Gasteiger partial charge in [-0.25, -0.2) is 22.8 Å². The first-order valence-electron chi connectivity index (χ1n) is 13.5. The maximum atomic E-state index is 13.3. The Balaban J connectivity index is 1.21. The van der Waals surface area contributed by atoms with E-state index >= 15 is 0 Å². The average Bonchev–Trinajstić information content (AvgIpc) is 3.40. The quantitative estimate of drug-likeness (QED) is 0.204. The largest absolute Gasteiger partial charge is 0.385 e. The number of benzene rings is 2. The lowest BCUT2D eigenvalue weighted by atomic mass is 9.97. The molecule has 4 amide bonds. The minimum atomic E-state index is -4.12. The number of urea groups is 1. The average molecular weight is 651 g/mol. The number of fused-ring (bicyclic) bond motifs is 1. The summed E-state index contributed by atoms with van der Waals surface area (Å²) in [5.74, 6) is -0.935. The number of piperidine rings is 1. The maximum absolute atomic E-state index is 13.3. The van der Waals surface area contributed by atoms with E-state index in [1.165, 1.54) is 49.6 Å². The van der Waals surface area contributed by atoms with Gasteiger partial charge in [0.05, 0.1) is 21.5 Å². The Kier molecular flexibility index (Phi) is 9.38. The smallest absolute Gasteiger partial charge is 0.333 e. The molecule has 0 unspecified atom stereocenters. The van der Waals surface area contributed by atoms with Crippen molar-refractivity contribution in [1.29, 1.82) is 0 Å². The van der Waals surface area contributed by atoms with Crippen LogP contribution in [-0.2, 0) is 21.2 Å². The molecule has 0 bridgehead atoms. The molecule has 42 heavy (non-hydrogen) atoms. The Bertz CT molecular complexity index is 1620. The molecular weight excluding hydrogens is 621 g/mol. The molecule has 2 aliphatic rings. The molecule has 1 fully saturated rings. The van der Waals surface area contributed by atoms with Gasteiger partial charge in [-0.05, 0) is 93.0 Å². The summed E-state index contributed by atoms with van der Waals surface area (Å²) in [7, 11) is -4.12. The molecule has 0 saturated carbocycles. The molecule has 0 atom stereocenters. The third kappa shape index (κ3) is 7.07. The number of amides is 4. The van der Waals surface area contributed by atoms with Crippen LogP contribution in [-0.4, -0.2) is 57.3 Å². The van der Waals surface area contributed by atoms with Gasteiger partial charge in [-0.2, -0.15) is 0 Å². The molecule has 0 spiro atoms. The number of rotatable bonds is 9. The van der Waals surface area contributed by atoms with Gasteiger partial charge in [0.1, 0.15) is 4.21 Å². The first-order valence-corrected chi connectivity index (χ1v) is 16.5. The van der Waals surface area contributed by atoms with Crippen molar-refractivity contribution < 1.29 is 22.8 Å². The molecule has 1 aromatic heterocycles. The van der Waals surface area contributed by atoms with Crippen LogP contribution in [0, 0.1) is 0 Å². The number of halogens is 2. The summed E-state index contributed by atoms with van der Waals surface area (Å²) in [5, 5.41) is 5.81. The number of carbonyl (C=O) groups is 3. The molecule has 3 N–H and O–H groups in total. The summed E-state index contributed by atoms with van der Waals surface area (Å²) in [6.45, 7) is 4.17. The number of sulfonamides is 1. The third-order valence-electron chi connectivity index (χ3n) is 7.05. The number of imide groups is 1. The predicted molar refractivity (Wildman–Crippen MR) is 165 cm³/mol. The standard InChI is InChI=1S/C28H29Cl2N5O5S2/c29-22-17-20(32-28(38)33-42(39,40)26-10-9-24(30)41-26)6-8-23(22)35-25(36)16-18-15-19(5-7-21(18)27(35)37)31-11-4-14-34-12-2-1-3-13-34/h5-10,15,17,31H,1-4,11-14,16H2,(H2,32,33,38). The van der Waals surface area contributed by atoms with Crippen molar-refractivity contribution >= 4 is 79.5 Å². The highest BCUT2D eigenvalue weighted by molar-refractivity contribution is 7.92. The van der Waals surface area contributed by atoms with Crippen molar-refractivity contribution in [3.05, 3.63) is 69.0 Å². The molecule has 1 saturated heterocycles. The monoisotopic (exact) mass is 649 g/mol. The molecular formula is C28H29Cl2N5O5S2. The Morgan fingerprint density at radius 2 is 1.71 bits per heavy atom. The van der Waals surface area contributed by atoms with E-state index in [2.05, 4.69) is 15.5 Å². The van der Waals surface area contributed by atoms with Gasteiger partial charge >= 0.3 is 6.03 Å². The number of hydrogen-bond acceptors (Lipinski definition) is 8. The summed E-state index contributed by atoms with van der Waals surface area (Å²) in [6, 6.07) is 11.2. The highest BCUT2D eigenvalue weighted by atomic mass is 35.5. The third-order valence-corrected chi connectivity index (χ3v) is 10.4. The number of anilines is 3. The summed E-state index contributed by atoms with van der Waals surface area (Å²) < 4.78 is 26.8. The second-order valence-corrected chi connectivity index (χ2v) is 14.1. The molecule has 222 valence electrons. The van der Waals surface area contributed by atoms with Crippen molar-refractivity contribution in [2.45, 2.75) is 36.3 Å². The molecule has 5 rings (SSSR count). The van der Waals surface area contributed by atoms with E-state index in [1.807, 2.05) is 16.9 Å². The first-order chi connectivity index (χ1) is 20.1. The Labute approximate surface area is 258 Å². The minimum Gasteiger partial charge on any atom is -0.385 e. The molecule has 2 aromatic carbocycles. The van der Waals surface area contributed by atoms with Gasteiger partial charge in [0.15, 0.2) is 0 Å². The summed E-state index contributed by atoms with van der Waals surface area (Å²) in [5.41, 5.74) is 2.22. The molecule has 14 heteroatoms. The fraction of sp³-hybridized carbons (Fsp3) is 0.321. The van der Waals surface area contributed by atoms with Crippen molar-refractivity contribution in [1.82, 2.24) is 9.62 Å². The first kappa shape index (κ1) is 30.3. The molecule has 0 aliphatic carbocycles. The molecule has 3 heterocycles. The molecule has 2 aliphatic heterocycles. The van der Waals surface area contributed by atoms with Gasteiger partial charge in [-0.3, -0.25) is 9.59 Å². The molecule has 10 nitrogen and oxygen atoms in total. The number of thiophene rings is 1. The van der Waals surface area contributed by atoms with Crippen molar-refractivity contribution in [2.75, 3.05) is 41.7 Å². The van der Waals surface area contributed by atoms with E-state index < -0.39 is 27.9 Å². The van der Waals surface area contributed by atoms with Gasteiger partial charge in [0.25, 0.3) is 15.9 Å². The highest BCUT2D eigenvalue weighted by Crippen LogP contribution is 2.34. The number of carbonyl (C=O) groups excluding carboxylic acids is 3. The minimum absolute atomic E-state index is 0.0215. The topological polar surface area (TPSA) is 128 Å². The van der Waals surface area contributed by atoms with Crippen LogP contribution in [0.15, 0.2) is 52.7 Å². The van der Waals surface area contributed by atoms with Crippen LogP contribution in [0.25, 0.3) is 0 Å². The highest BCUT2D eigenvalue weighted by Gasteiger charge is 2.33. The number of hydrogen-bond donors (Lipinski definition) is 3. The van der Waals surface area contributed by atoms with Gasteiger partial charge in [-0.1, -0.05) is 29.6 Å². The fourth-order valence-corrected chi connectivity index (χ4v) is 7.69. The van der Waals surface area contributed by atoms with E-state index in [9.17, 15) is 22.8 Å². The van der Waals surface area contributed by atoms with Crippen molar-refractivity contribution in [2.24, 2.45) is 0 Å². The second kappa shape index (κ2) is 13.0. The molecule has 0 radical (unpaired) electrons. The zero-order valence-corrected chi connectivity index (χ0v) is 25.6. The Hall–Kier alpha value is -3.16. The zero-order chi connectivity index (χ0) is 29.9. The second-order valence-electron chi connectivity index (χ2n) is 10.0. The van der Waals surface area contributed by atoms with E-state index in [-0.39, 0.29) is 31.4 Å². The van der Waals surface area contributed by atoms with Gasteiger partial charge in [0.2, 0.25) is 5.91 Å². The van der Waals surface area contributed by atoms with Crippen LogP contribution in [0.3, 0.4) is 0 Å². The van der Waals surface area contributed by atoms with Crippen LogP contribution in [0.2, 0.25) is 9.36 Å². The lowest BCUT2D eigenvalue weighted by Crippen LogP contribution is -2.42. The SMILES string of the molecule is O=C(Nc1ccc(N2C(=O)Cc3cc(NCCCN4CCCCC4)ccc3C2=O)c(Cl)c1)NS(=O)(=O)c1ccc(Cl)s1. The maximum Gasteiger partial charge on any atom is 0.333 e. The Morgan fingerprint density at radius 3 is 2.43 bits per heavy atom. The summed E-state index contributed by atoms with van der Waals surface area (Å²) in [6.07, 6.45) is 4.87.